The topological polar surface area (TPSA) is 111 Å². The number of methoxy groups -OCH3 is 1. The molecule has 0 atom stereocenters. The molecule has 3 aromatic heterocycles. The molecular weight excluding hydrogens is 398 g/mol. The highest BCUT2D eigenvalue weighted by Gasteiger charge is 2.12. The van der Waals surface area contributed by atoms with Gasteiger partial charge in [0, 0.05) is 17.3 Å². The van der Waals surface area contributed by atoms with Crippen LogP contribution in [-0.4, -0.2) is 27.0 Å². The first-order valence-corrected chi connectivity index (χ1v) is 9.96. The summed E-state index contributed by atoms with van der Waals surface area (Å²) in [5.74, 6) is 1.78. The third-order valence-corrected chi connectivity index (χ3v) is 5.54. The Labute approximate surface area is 175 Å². The molecule has 0 bridgehead atoms. The second kappa shape index (κ2) is 7.45. The minimum absolute atomic E-state index is 0.398. The maximum absolute atomic E-state index is 6.35. The first kappa shape index (κ1) is 18.1. The number of nitrogens with zero attached hydrogens (tertiary/aromatic N) is 4. The van der Waals surface area contributed by atoms with Gasteiger partial charge in [-0.15, -0.1) is 0 Å². The van der Waals surface area contributed by atoms with Gasteiger partial charge in [-0.05, 0) is 42.5 Å². The number of aromatic nitrogens is 4. The van der Waals surface area contributed by atoms with Crippen LogP contribution in [0.2, 0.25) is 0 Å². The quantitative estimate of drug-likeness (QED) is 0.378. The fraction of sp³-hybridized carbons (Fsp3) is 0.0476. The average molecular weight is 415 g/mol. The van der Waals surface area contributed by atoms with Gasteiger partial charge in [0.05, 0.1) is 22.8 Å². The van der Waals surface area contributed by atoms with E-state index in [0.717, 1.165) is 32.6 Å². The molecule has 3 heterocycles. The molecule has 0 radical (unpaired) electrons. The molecule has 0 fully saturated rings. The van der Waals surface area contributed by atoms with Crippen molar-refractivity contribution >= 4 is 60.6 Å². The molecule has 4 N–H and O–H groups in total. The smallest absolute Gasteiger partial charge is 0.189 e. The molecule has 0 saturated carbocycles. The lowest BCUT2D eigenvalue weighted by Crippen LogP contribution is -2.05. The highest BCUT2D eigenvalue weighted by Crippen LogP contribution is 2.34. The van der Waals surface area contributed by atoms with Crippen LogP contribution in [0, 0.1) is 0 Å². The number of nitrogens with two attached hydrogens (primary N) is 1. The molecule has 0 spiro atoms. The highest BCUT2D eigenvalue weighted by molar-refractivity contribution is 7.22. The monoisotopic (exact) mass is 415 g/mol. The van der Waals surface area contributed by atoms with Gasteiger partial charge in [-0.2, -0.15) is 0 Å². The number of nitrogen functional groups attached to an aromatic ring is 1. The Hall–Kier alpha value is -3.98. The lowest BCUT2D eigenvalue weighted by atomic mass is 10.2. The van der Waals surface area contributed by atoms with Gasteiger partial charge in [0.25, 0.3) is 0 Å². The zero-order chi connectivity index (χ0) is 20.5. The van der Waals surface area contributed by atoms with Gasteiger partial charge in [0.2, 0.25) is 0 Å². The molecule has 9 heteroatoms. The van der Waals surface area contributed by atoms with Crippen LogP contribution >= 0.6 is 11.3 Å². The van der Waals surface area contributed by atoms with Crippen LogP contribution in [0.3, 0.4) is 0 Å². The summed E-state index contributed by atoms with van der Waals surface area (Å²) >= 11 is 1.50. The number of ether oxygens (including phenoxy) is 1. The maximum Gasteiger partial charge on any atom is 0.189 e. The number of fused-ring (bicyclic) bond motifs is 2. The Morgan fingerprint density at radius 2 is 1.80 bits per heavy atom. The lowest BCUT2D eigenvalue weighted by molar-refractivity contribution is 0.415. The summed E-state index contributed by atoms with van der Waals surface area (Å²) in [6, 6.07) is 15.5. The second-order valence-corrected chi connectivity index (χ2v) is 7.49. The van der Waals surface area contributed by atoms with Crippen molar-refractivity contribution in [3.8, 4) is 5.75 Å². The van der Waals surface area contributed by atoms with E-state index in [4.69, 9.17) is 10.5 Å². The molecule has 0 aliphatic heterocycles. The molecule has 0 aliphatic carbocycles. The maximum atomic E-state index is 6.35. The third-order valence-electron chi connectivity index (χ3n) is 4.60. The standard InChI is InChI=1S/C21H17N7OS/c1-29-12-7-8-16-17(10-12)30-21(27-16)28-20-18(22)19(24-11-25-20)26-15-6-2-5-14-13(15)4-3-9-23-14/h2-11H,22H2,1H3,(H2,24,25,26,27,28). The number of thiazole rings is 1. The lowest BCUT2D eigenvalue weighted by Gasteiger charge is -2.12. The first-order chi connectivity index (χ1) is 14.7. The fourth-order valence-corrected chi connectivity index (χ4v) is 4.01. The highest BCUT2D eigenvalue weighted by atomic mass is 32.1. The summed E-state index contributed by atoms with van der Waals surface area (Å²) in [4.78, 5) is 17.6. The van der Waals surface area contributed by atoms with E-state index < -0.39 is 0 Å². The third kappa shape index (κ3) is 3.31. The predicted molar refractivity (Wildman–Crippen MR) is 121 cm³/mol. The summed E-state index contributed by atoms with van der Waals surface area (Å²) < 4.78 is 6.28. The minimum Gasteiger partial charge on any atom is -0.497 e. The van der Waals surface area contributed by atoms with Gasteiger partial charge in [0.1, 0.15) is 17.8 Å². The van der Waals surface area contributed by atoms with Crippen LogP contribution in [0.15, 0.2) is 61.1 Å². The Balaban J connectivity index is 1.46. The van der Waals surface area contributed by atoms with Crippen LogP contribution in [0.1, 0.15) is 0 Å². The van der Waals surface area contributed by atoms with E-state index in [2.05, 4.69) is 30.6 Å². The second-order valence-electron chi connectivity index (χ2n) is 6.46. The van der Waals surface area contributed by atoms with Crippen LogP contribution in [0.4, 0.5) is 28.1 Å². The van der Waals surface area contributed by atoms with Crippen LogP contribution < -0.4 is 21.1 Å². The number of anilines is 5. The molecule has 0 amide bonds. The molecular formula is C21H17N7OS. The molecule has 5 aromatic rings. The number of nitrogens with one attached hydrogen (secondary N) is 2. The van der Waals surface area contributed by atoms with Crippen LogP contribution in [-0.2, 0) is 0 Å². The summed E-state index contributed by atoms with van der Waals surface area (Å²) in [6.07, 6.45) is 3.22. The zero-order valence-electron chi connectivity index (χ0n) is 16.0. The van der Waals surface area contributed by atoms with E-state index in [0.29, 0.717) is 22.5 Å². The molecule has 8 nitrogen and oxygen atoms in total. The summed E-state index contributed by atoms with van der Waals surface area (Å²) in [7, 11) is 1.64. The molecule has 5 rings (SSSR count). The van der Waals surface area contributed by atoms with E-state index in [1.165, 1.54) is 17.7 Å². The van der Waals surface area contributed by atoms with E-state index >= 15 is 0 Å². The number of rotatable bonds is 5. The average Bonchev–Trinajstić information content (AvgIpc) is 3.18. The first-order valence-electron chi connectivity index (χ1n) is 9.14. The number of hydrogen-bond donors (Lipinski definition) is 3. The van der Waals surface area contributed by atoms with Gasteiger partial charge in [-0.1, -0.05) is 17.4 Å². The SMILES string of the molecule is COc1ccc2nc(Nc3ncnc(Nc4cccc5ncccc45)c3N)sc2c1. The predicted octanol–water partition coefficient (Wildman–Crippen LogP) is 4.71. The van der Waals surface area contributed by atoms with E-state index in [1.54, 1.807) is 13.3 Å². The Bertz CT molecular complexity index is 1360. The van der Waals surface area contributed by atoms with Crippen LogP contribution in [0.25, 0.3) is 21.1 Å². The van der Waals surface area contributed by atoms with Crippen molar-refractivity contribution < 1.29 is 4.74 Å². The van der Waals surface area contributed by atoms with Gasteiger partial charge in [0.15, 0.2) is 16.8 Å². The van der Waals surface area contributed by atoms with Crippen molar-refractivity contribution in [2.45, 2.75) is 0 Å². The Kier molecular flexibility index (Phi) is 4.49. The normalized spacial score (nSPS) is 11.0. The summed E-state index contributed by atoms with van der Waals surface area (Å²) in [6.45, 7) is 0. The van der Waals surface area contributed by atoms with Crippen molar-refractivity contribution in [1.82, 2.24) is 19.9 Å². The summed E-state index contributed by atoms with van der Waals surface area (Å²) in [5.41, 5.74) is 9.38. The van der Waals surface area contributed by atoms with Crippen molar-refractivity contribution in [2.24, 2.45) is 0 Å². The minimum atomic E-state index is 0.398. The fourth-order valence-electron chi connectivity index (χ4n) is 3.12. The Morgan fingerprint density at radius 3 is 2.67 bits per heavy atom. The van der Waals surface area contributed by atoms with Gasteiger partial charge >= 0.3 is 0 Å². The van der Waals surface area contributed by atoms with Crippen molar-refractivity contribution in [2.75, 3.05) is 23.5 Å². The van der Waals surface area contributed by atoms with E-state index in [-0.39, 0.29) is 0 Å². The number of benzene rings is 2. The molecule has 0 saturated heterocycles. The van der Waals surface area contributed by atoms with Gasteiger partial charge < -0.3 is 21.1 Å². The van der Waals surface area contributed by atoms with Crippen molar-refractivity contribution in [3.05, 3.63) is 61.1 Å². The zero-order valence-corrected chi connectivity index (χ0v) is 16.8. The molecule has 2 aromatic carbocycles. The van der Waals surface area contributed by atoms with E-state index in [9.17, 15) is 0 Å². The van der Waals surface area contributed by atoms with E-state index in [1.807, 2.05) is 48.5 Å². The van der Waals surface area contributed by atoms with Gasteiger partial charge in [-0.3, -0.25) is 4.98 Å². The summed E-state index contributed by atoms with van der Waals surface area (Å²) in [5, 5.41) is 8.16. The van der Waals surface area contributed by atoms with Crippen LogP contribution in [0.5, 0.6) is 5.75 Å². The van der Waals surface area contributed by atoms with Crippen molar-refractivity contribution in [3.63, 3.8) is 0 Å². The molecule has 148 valence electrons. The molecule has 0 aliphatic rings. The van der Waals surface area contributed by atoms with Gasteiger partial charge in [-0.25, -0.2) is 15.0 Å². The molecule has 0 unspecified atom stereocenters. The Morgan fingerprint density at radius 1 is 0.933 bits per heavy atom. The largest absolute Gasteiger partial charge is 0.497 e. The molecule has 30 heavy (non-hydrogen) atoms. The number of hydrogen-bond acceptors (Lipinski definition) is 9. The van der Waals surface area contributed by atoms with Crippen molar-refractivity contribution in [1.29, 1.82) is 0 Å². The number of pyridine rings is 1.